The molecule has 1 fully saturated rings. The summed E-state index contributed by atoms with van der Waals surface area (Å²) in [5.74, 6) is -0.462. The van der Waals surface area contributed by atoms with Crippen LogP contribution in [0.3, 0.4) is 0 Å². The molecule has 0 spiro atoms. The molecule has 0 aliphatic carbocycles. The number of anilines is 1. The van der Waals surface area contributed by atoms with Gasteiger partial charge in [0.2, 0.25) is 0 Å². The van der Waals surface area contributed by atoms with Gasteiger partial charge in [0.1, 0.15) is 6.54 Å². The Morgan fingerprint density at radius 3 is 2.85 bits per heavy atom. The highest BCUT2D eigenvalue weighted by Gasteiger charge is 2.24. The summed E-state index contributed by atoms with van der Waals surface area (Å²) in [7, 11) is -2.35. The third-order valence-electron chi connectivity index (χ3n) is 2.71. The van der Waals surface area contributed by atoms with E-state index in [-0.39, 0.29) is 6.54 Å². The van der Waals surface area contributed by atoms with Gasteiger partial charge >= 0.3 is 16.2 Å². The quantitative estimate of drug-likeness (QED) is 0.703. The lowest BCUT2D eigenvalue weighted by Crippen LogP contribution is -2.43. The summed E-state index contributed by atoms with van der Waals surface area (Å²) in [5.41, 5.74) is 0.292. The van der Waals surface area contributed by atoms with E-state index in [1.807, 2.05) is 0 Å². The summed E-state index contributed by atoms with van der Waals surface area (Å²) in [6.45, 7) is 1.30. The van der Waals surface area contributed by atoms with Gasteiger partial charge in [0.15, 0.2) is 0 Å². The van der Waals surface area contributed by atoms with Gasteiger partial charge in [0.25, 0.3) is 0 Å². The Hall–Kier alpha value is -1.65. The van der Waals surface area contributed by atoms with Crippen LogP contribution in [0.2, 0.25) is 0 Å². The molecule has 1 N–H and O–H groups in total. The fraction of sp³-hybridized carbons (Fsp3) is 0.600. The molecule has 1 aromatic heterocycles. The van der Waals surface area contributed by atoms with E-state index in [0.29, 0.717) is 32.0 Å². The lowest BCUT2D eigenvalue weighted by Gasteiger charge is -2.25. The van der Waals surface area contributed by atoms with Crippen LogP contribution in [0, 0.1) is 0 Å². The molecule has 1 aliphatic rings. The highest BCUT2D eigenvalue weighted by molar-refractivity contribution is 7.90. The van der Waals surface area contributed by atoms with Crippen LogP contribution in [0.15, 0.2) is 12.4 Å². The second-order valence-corrected chi connectivity index (χ2v) is 5.79. The van der Waals surface area contributed by atoms with E-state index in [9.17, 15) is 13.2 Å². The van der Waals surface area contributed by atoms with Crippen LogP contribution >= 0.6 is 0 Å². The Kier molecular flexibility index (Phi) is 4.57. The summed E-state index contributed by atoms with van der Waals surface area (Å²) in [6.07, 6.45) is 2.76. The molecule has 20 heavy (non-hydrogen) atoms. The first-order valence-corrected chi connectivity index (χ1v) is 7.40. The van der Waals surface area contributed by atoms with Gasteiger partial charge in [-0.3, -0.25) is 14.2 Å². The normalized spacial score (nSPS) is 16.9. The maximum atomic E-state index is 12.1. The van der Waals surface area contributed by atoms with Crippen LogP contribution in [-0.2, 0) is 31.0 Å². The molecule has 1 aromatic rings. The molecule has 2 rings (SSSR count). The Morgan fingerprint density at radius 1 is 1.50 bits per heavy atom. The number of hydrogen-bond donors (Lipinski definition) is 1. The van der Waals surface area contributed by atoms with E-state index in [4.69, 9.17) is 4.74 Å². The van der Waals surface area contributed by atoms with Crippen molar-refractivity contribution in [3.05, 3.63) is 12.4 Å². The first-order valence-electron chi connectivity index (χ1n) is 5.96. The number of esters is 1. The average Bonchev–Trinajstić information content (AvgIpc) is 2.86. The summed E-state index contributed by atoms with van der Waals surface area (Å²) in [4.78, 5) is 11.1. The molecule has 1 aliphatic heterocycles. The van der Waals surface area contributed by atoms with Crippen molar-refractivity contribution in [2.45, 2.75) is 6.54 Å². The van der Waals surface area contributed by atoms with Crippen molar-refractivity contribution in [1.29, 1.82) is 0 Å². The van der Waals surface area contributed by atoms with Gasteiger partial charge in [-0.2, -0.15) is 17.8 Å². The van der Waals surface area contributed by atoms with Gasteiger partial charge in [-0.1, -0.05) is 0 Å². The fourth-order valence-electron chi connectivity index (χ4n) is 1.70. The van der Waals surface area contributed by atoms with E-state index in [1.165, 1.54) is 28.5 Å². The zero-order chi connectivity index (χ0) is 14.6. The Labute approximate surface area is 116 Å². The van der Waals surface area contributed by atoms with Crippen LogP contribution in [0.4, 0.5) is 5.69 Å². The minimum Gasteiger partial charge on any atom is -0.468 e. The van der Waals surface area contributed by atoms with E-state index >= 15 is 0 Å². The zero-order valence-electron chi connectivity index (χ0n) is 11.0. The molecule has 0 amide bonds. The monoisotopic (exact) mass is 304 g/mol. The molecule has 10 heteroatoms. The van der Waals surface area contributed by atoms with E-state index in [2.05, 4.69) is 14.6 Å². The fourth-order valence-corrected chi connectivity index (χ4v) is 2.86. The van der Waals surface area contributed by atoms with Crippen molar-refractivity contribution in [3.8, 4) is 0 Å². The van der Waals surface area contributed by atoms with Crippen LogP contribution in [0.25, 0.3) is 0 Å². The van der Waals surface area contributed by atoms with Crippen LogP contribution in [0.5, 0.6) is 0 Å². The van der Waals surface area contributed by atoms with Crippen molar-refractivity contribution >= 4 is 21.9 Å². The second-order valence-electron chi connectivity index (χ2n) is 4.12. The Morgan fingerprint density at radius 2 is 2.20 bits per heavy atom. The third kappa shape index (κ3) is 3.68. The lowest BCUT2D eigenvalue weighted by atomic mass is 10.5. The van der Waals surface area contributed by atoms with Crippen molar-refractivity contribution < 1.29 is 22.7 Å². The van der Waals surface area contributed by atoms with E-state index < -0.39 is 16.2 Å². The first-order chi connectivity index (χ1) is 9.51. The van der Waals surface area contributed by atoms with Crippen LogP contribution in [-0.4, -0.2) is 61.9 Å². The van der Waals surface area contributed by atoms with Crippen molar-refractivity contribution in [2.75, 3.05) is 38.1 Å². The molecule has 0 atom stereocenters. The minimum absolute atomic E-state index is 0.0736. The SMILES string of the molecule is COC(=O)Cn1cc(NS(=O)(=O)N2CCOCC2)cn1. The number of rotatable bonds is 5. The maximum Gasteiger partial charge on any atom is 0.327 e. The number of aromatic nitrogens is 2. The number of carbonyl (C=O) groups is 1. The molecule has 0 aromatic carbocycles. The summed E-state index contributed by atoms with van der Waals surface area (Å²) in [6, 6.07) is 0. The van der Waals surface area contributed by atoms with E-state index in [0.717, 1.165) is 0 Å². The van der Waals surface area contributed by atoms with Gasteiger partial charge in [0, 0.05) is 19.3 Å². The van der Waals surface area contributed by atoms with Crippen LogP contribution in [0.1, 0.15) is 0 Å². The lowest BCUT2D eigenvalue weighted by molar-refractivity contribution is -0.141. The van der Waals surface area contributed by atoms with Crippen molar-refractivity contribution in [3.63, 3.8) is 0 Å². The van der Waals surface area contributed by atoms with Gasteiger partial charge in [-0.25, -0.2) is 0 Å². The number of carbonyl (C=O) groups excluding carboxylic acids is 1. The molecule has 0 bridgehead atoms. The number of nitrogens with one attached hydrogen (secondary N) is 1. The number of hydrogen-bond acceptors (Lipinski definition) is 6. The maximum absolute atomic E-state index is 12.1. The predicted molar refractivity (Wildman–Crippen MR) is 69.2 cm³/mol. The number of morpholine rings is 1. The molecule has 0 radical (unpaired) electrons. The first kappa shape index (κ1) is 14.8. The zero-order valence-corrected chi connectivity index (χ0v) is 11.8. The van der Waals surface area contributed by atoms with Gasteiger partial charge < -0.3 is 9.47 Å². The Balaban J connectivity index is 2.00. The van der Waals surface area contributed by atoms with Gasteiger partial charge in [-0.05, 0) is 0 Å². The van der Waals surface area contributed by atoms with Gasteiger partial charge in [-0.15, -0.1) is 0 Å². The summed E-state index contributed by atoms with van der Waals surface area (Å²) < 4.78 is 38.8. The molecule has 112 valence electrons. The third-order valence-corrected chi connectivity index (χ3v) is 4.25. The highest BCUT2D eigenvalue weighted by Crippen LogP contribution is 2.12. The minimum atomic E-state index is -3.62. The topological polar surface area (TPSA) is 103 Å². The molecule has 0 unspecified atom stereocenters. The summed E-state index contributed by atoms with van der Waals surface area (Å²) >= 11 is 0. The Bertz CT molecular complexity index is 564. The summed E-state index contributed by atoms with van der Waals surface area (Å²) in [5, 5.41) is 3.88. The molecule has 0 saturated carbocycles. The highest BCUT2D eigenvalue weighted by atomic mass is 32.2. The molecular formula is C10H16N4O5S. The van der Waals surface area contributed by atoms with Gasteiger partial charge in [0.05, 0.1) is 32.2 Å². The molecule has 9 nitrogen and oxygen atoms in total. The predicted octanol–water partition coefficient (Wildman–Crippen LogP) is -0.955. The number of methoxy groups -OCH3 is 1. The standard InChI is InChI=1S/C10H16N4O5S/c1-18-10(15)8-13-7-9(6-11-13)12-20(16,17)14-2-4-19-5-3-14/h6-7,12H,2-5,8H2,1H3. The molecular weight excluding hydrogens is 288 g/mol. The van der Waals surface area contributed by atoms with E-state index in [1.54, 1.807) is 0 Å². The number of nitrogens with zero attached hydrogens (tertiary/aromatic N) is 3. The smallest absolute Gasteiger partial charge is 0.327 e. The largest absolute Gasteiger partial charge is 0.468 e. The number of ether oxygens (including phenoxy) is 2. The van der Waals surface area contributed by atoms with Crippen LogP contribution < -0.4 is 4.72 Å². The average molecular weight is 304 g/mol. The second kappa shape index (κ2) is 6.20. The van der Waals surface area contributed by atoms with Crippen molar-refractivity contribution in [1.82, 2.24) is 14.1 Å². The molecule has 1 saturated heterocycles. The van der Waals surface area contributed by atoms with Crippen molar-refractivity contribution in [2.24, 2.45) is 0 Å². The molecule has 2 heterocycles.